The second-order valence-electron chi connectivity index (χ2n) is 9.21. The second kappa shape index (κ2) is 7.83. The SMILES string of the molecule is Cc1ccc(C)n1-c1ncc(-c2ccc(C(C)(c3noc(C4=CCN=C4)n3)C3CC3)cn2)cn1. The fourth-order valence-corrected chi connectivity index (χ4v) is 4.68. The van der Waals surface area contributed by atoms with Gasteiger partial charge in [-0.05, 0) is 69.4 Å². The number of rotatable bonds is 6. The highest BCUT2D eigenvalue weighted by molar-refractivity contribution is 6.09. The predicted octanol–water partition coefficient (Wildman–Crippen LogP) is 4.51. The molecule has 1 aliphatic carbocycles. The summed E-state index contributed by atoms with van der Waals surface area (Å²) in [5.41, 5.74) is 5.53. The summed E-state index contributed by atoms with van der Waals surface area (Å²) in [6.07, 6.45) is 11.6. The molecule has 1 atom stereocenters. The summed E-state index contributed by atoms with van der Waals surface area (Å²) in [7, 11) is 0. The minimum absolute atomic E-state index is 0.354. The molecule has 1 unspecified atom stereocenters. The topological polar surface area (TPSA) is 94.9 Å². The van der Waals surface area contributed by atoms with Crippen molar-refractivity contribution in [1.29, 1.82) is 0 Å². The zero-order chi connectivity index (χ0) is 23.3. The van der Waals surface area contributed by atoms with Crippen molar-refractivity contribution in [2.24, 2.45) is 10.9 Å². The summed E-state index contributed by atoms with van der Waals surface area (Å²) in [5.74, 6) is 2.36. The van der Waals surface area contributed by atoms with Crippen LogP contribution in [0.5, 0.6) is 0 Å². The molecule has 0 bridgehead atoms. The van der Waals surface area contributed by atoms with Gasteiger partial charge < -0.3 is 4.52 Å². The van der Waals surface area contributed by atoms with Crippen molar-refractivity contribution >= 4 is 11.8 Å². The lowest BCUT2D eigenvalue weighted by atomic mass is 9.77. The van der Waals surface area contributed by atoms with Gasteiger partial charge in [-0.25, -0.2) is 9.97 Å². The summed E-state index contributed by atoms with van der Waals surface area (Å²) in [4.78, 5) is 22.9. The van der Waals surface area contributed by atoms with E-state index < -0.39 is 0 Å². The van der Waals surface area contributed by atoms with E-state index in [0.717, 1.165) is 46.6 Å². The van der Waals surface area contributed by atoms with Crippen molar-refractivity contribution in [3.8, 4) is 17.2 Å². The van der Waals surface area contributed by atoms with Crippen LogP contribution in [-0.2, 0) is 5.41 Å². The quantitative estimate of drug-likeness (QED) is 0.428. The fourth-order valence-electron chi connectivity index (χ4n) is 4.68. The van der Waals surface area contributed by atoms with Crippen LogP contribution in [0.15, 0.2) is 58.4 Å². The van der Waals surface area contributed by atoms with Crippen LogP contribution < -0.4 is 0 Å². The van der Waals surface area contributed by atoms with Crippen molar-refractivity contribution in [3.63, 3.8) is 0 Å². The third-order valence-corrected chi connectivity index (χ3v) is 6.95. The lowest BCUT2D eigenvalue weighted by molar-refractivity contribution is 0.374. The van der Waals surface area contributed by atoms with E-state index >= 15 is 0 Å². The molecule has 0 radical (unpaired) electrons. The molecule has 6 rings (SSSR count). The maximum Gasteiger partial charge on any atom is 0.259 e. The van der Waals surface area contributed by atoms with Gasteiger partial charge in [-0.3, -0.25) is 14.5 Å². The Morgan fingerprint density at radius 2 is 1.74 bits per heavy atom. The summed E-state index contributed by atoms with van der Waals surface area (Å²) in [6.45, 7) is 6.94. The smallest absolute Gasteiger partial charge is 0.259 e. The highest BCUT2D eigenvalue weighted by atomic mass is 16.5. The Labute approximate surface area is 197 Å². The summed E-state index contributed by atoms with van der Waals surface area (Å²) in [5, 5.41) is 4.36. The zero-order valence-corrected chi connectivity index (χ0v) is 19.4. The molecule has 170 valence electrons. The molecule has 0 N–H and O–H groups in total. The third-order valence-electron chi connectivity index (χ3n) is 6.95. The number of aryl methyl sites for hydroxylation is 2. The van der Waals surface area contributed by atoms with Gasteiger partial charge in [0.2, 0.25) is 5.95 Å². The first-order valence-electron chi connectivity index (χ1n) is 11.5. The van der Waals surface area contributed by atoms with Gasteiger partial charge in [0, 0.05) is 41.8 Å². The van der Waals surface area contributed by atoms with E-state index in [1.165, 1.54) is 0 Å². The number of allylic oxidation sites excluding steroid dienone is 1. The Balaban J connectivity index is 1.29. The van der Waals surface area contributed by atoms with Crippen LogP contribution in [0, 0.1) is 19.8 Å². The van der Waals surface area contributed by atoms with E-state index in [4.69, 9.17) is 14.5 Å². The van der Waals surface area contributed by atoms with Crippen molar-refractivity contribution in [1.82, 2.24) is 29.7 Å². The molecular formula is C26H25N7O. The van der Waals surface area contributed by atoms with Gasteiger partial charge in [0.15, 0.2) is 5.82 Å². The number of aliphatic imine (C=N–C) groups is 1. The molecule has 0 spiro atoms. The molecule has 1 saturated carbocycles. The Morgan fingerprint density at radius 3 is 2.35 bits per heavy atom. The molecule has 0 saturated heterocycles. The molecule has 1 aliphatic heterocycles. The zero-order valence-electron chi connectivity index (χ0n) is 19.4. The van der Waals surface area contributed by atoms with Crippen molar-refractivity contribution in [3.05, 3.63) is 77.6 Å². The van der Waals surface area contributed by atoms with Crippen LogP contribution in [-0.4, -0.2) is 42.4 Å². The van der Waals surface area contributed by atoms with Crippen LogP contribution in [0.25, 0.3) is 22.8 Å². The van der Waals surface area contributed by atoms with E-state index in [9.17, 15) is 0 Å². The van der Waals surface area contributed by atoms with E-state index in [0.29, 0.717) is 30.1 Å². The molecule has 5 heterocycles. The average molecular weight is 452 g/mol. The van der Waals surface area contributed by atoms with E-state index in [1.807, 2.05) is 49.1 Å². The highest BCUT2D eigenvalue weighted by Crippen LogP contribution is 2.50. The Kier molecular flexibility index (Phi) is 4.76. The van der Waals surface area contributed by atoms with Crippen LogP contribution in [0.3, 0.4) is 0 Å². The first kappa shape index (κ1) is 20.7. The van der Waals surface area contributed by atoms with Gasteiger partial charge in [-0.1, -0.05) is 11.2 Å². The summed E-state index contributed by atoms with van der Waals surface area (Å²) < 4.78 is 7.62. The van der Waals surface area contributed by atoms with Crippen LogP contribution >= 0.6 is 0 Å². The first-order chi connectivity index (χ1) is 16.5. The Morgan fingerprint density at radius 1 is 0.971 bits per heavy atom. The van der Waals surface area contributed by atoms with Gasteiger partial charge in [0.05, 0.1) is 23.2 Å². The van der Waals surface area contributed by atoms with Gasteiger partial charge in [-0.2, -0.15) is 4.98 Å². The van der Waals surface area contributed by atoms with E-state index in [-0.39, 0.29) is 5.41 Å². The fraction of sp³-hybridized carbons (Fsp3) is 0.308. The lowest BCUT2D eigenvalue weighted by Gasteiger charge is -2.26. The number of hydrogen-bond donors (Lipinski definition) is 0. The highest BCUT2D eigenvalue weighted by Gasteiger charge is 2.47. The minimum atomic E-state index is -0.354. The third kappa shape index (κ3) is 3.37. The Hall–Kier alpha value is -3.94. The van der Waals surface area contributed by atoms with E-state index in [2.05, 4.69) is 45.2 Å². The molecule has 4 aromatic rings. The second-order valence-corrected chi connectivity index (χ2v) is 9.21. The molecule has 34 heavy (non-hydrogen) atoms. The maximum absolute atomic E-state index is 5.59. The van der Waals surface area contributed by atoms with Gasteiger partial charge in [0.1, 0.15) is 0 Å². The molecule has 1 fully saturated rings. The number of hydrogen-bond acceptors (Lipinski definition) is 7. The van der Waals surface area contributed by atoms with Crippen LogP contribution in [0.1, 0.15) is 48.4 Å². The maximum atomic E-state index is 5.59. The van der Waals surface area contributed by atoms with Gasteiger partial charge in [0.25, 0.3) is 5.89 Å². The number of nitrogens with zero attached hydrogens (tertiary/aromatic N) is 7. The molecule has 4 aromatic heterocycles. The van der Waals surface area contributed by atoms with Crippen LogP contribution in [0.2, 0.25) is 0 Å². The van der Waals surface area contributed by atoms with Gasteiger partial charge in [-0.15, -0.1) is 0 Å². The number of aromatic nitrogens is 6. The molecule has 8 heteroatoms. The molecular weight excluding hydrogens is 426 g/mol. The number of pyridine rings is 1. The van der Waals surface area contributed by atoms with Crippen molar-refractivity contribution in [2.45, 2.75) is 39.0 Å². The van der Waals surface area contributed by atoms with E-state index in [1.54, 1.807) is 6.21 Å². The lowest BCUT2D eigenvalue weighted by Crippen LogP contribution is -2.28. The molecule has 8 nitrogen and oxygen atoms in total. The average Bonchev–Trinajstić information content (AvgIpc) is 3.22. The molecule has 0 aromatic carbocycles. The standard InChI is InChI=1S/C26H25N7O/c1-16-4-5-17(2)33(16)25-29-13-19(14-30-25)22-9-8-21(15-28-22)26(3,20-6-7-20)24-31-23(34-32-24)18-10-11-27-12-18/h4-5,8-10,12-15,20H,6-7,11H2,1-3H3. The summed E-state index contributed by atoms with van der Waals surface area (Å²) >= 11 is 0. The molecule has 2 aliphatic rings. The normalized spacial score (nSPS) is 17.1. The predicted molar refractivity (Wildman–Crippen MR) is 129 cm³/mol. The largest absolute Gasteiger partial charge is 0.334 e. The molecule has 0 amide bonds. The monoisotopic (exact) mass is 451 g/mol. The first-order valence-corrected chi connectivity index (χ1v) is 11.5. The minimum Gasteiger partial charge on any atom is -0.334 e. The van der Waals surface area contributed by atoms with Gasteiger partial charge >= 0.3 is 0 Å². The van der Waals surface area contributed by atoms with Crippen molar-refractivity contribution in [2.75, 3.05) is 6.54 Å². The summed E-state index contributed by atoms with van der Waals surface area (Å²) in [6, 6.07) is 8.26. The Bertz CT molecular complexity index is 1390. The van der Waals surface area contributed by atoms with Crippen molar-refractivity contribution < 1.29 is 4.52 Å². The van der Waals surface area contributed by atoms with Crippen LogP contribution in [0.4, 0.5) is 0 Å².